The first kappa shape index (κ1) is 9.46. The molecule has 15 heavy (non-hydrogen) atoms. The second-order valence-corrected chi connectivity index (χ2v) is 3.19. The standard InChI is InChI=1S/C13H12N2/c1-12(13-6-3-2-4-7-13)8-11-15-10-5-9-14-15/h2-11H,1H2/b11-8-. The third-order valence-electron chi connectivity index (χ3n) is 2.10. The molecule has 2 heteroatoms. The second kappa shape index (κ2) is 4.42. The van der Waals surface area contributed by atoms with Crippen molar-refractivity contribution in [2.45, 2.75) is 0 Å². The van der Waals surface area contributed by atoms with Gasteiger partial charge in [-0.05, 0) is 23.3 Å². The molecular formula is C13H12N2. The normalized spacial score (nSPS) is 10.7. The molecule has 0 spiro atoms. The molecule has 0 unspecified atom stereocenters. The van der Waals surface area contributed by atoms with Gasteiger partial charge in [0.1, 0.15) is 0 Å². The maximum atomic E-state index is 4.07. The molecule has 1 aromatic heterocycles. The molecule has 0 aliphatic heterocycles. The molecule has 0 amide bonds. The molecule has 2 aromatic rings. The molecule has 1 heterocycles. The maximum absolute atomic E-state index is 4.07. The van der Waals surface area contributed by atoms with Crippen LogP contribution in [0.4, 0.5) is 0 Å². The van der Waals surface area contributed by atoms with Gasteiger partial charge in [-0.3, -0.25) is 0 Å². The van der Waals surface area contributed by atoms with Gasteiger partial charge in [0.25, 0.3) is 0 Å². The number of benzene rings is 1. The molecule has 0 fully saturated rings. The SMILES string of the molecule is C=C(/C=C\n1cccn1)c1ccccc1. The minimum absolute atomic E-state index is 0.978. The Morgan fingerprint density at radius 2 is 2.00 bits per heavy atom. The van der Waals surface area contributed by atoms with Crippen molar-refractivity contribution < 1.29 is 0 Å². The predicted molar refractivity (Wildman–Crippen MR) is 63.0 cm³/mol. The van der Waals surface area contributed by atoms with E-state index in [-0.39, 0.29) is 0 Å². The van der Waals surface area contributed by atoms with Gasteiger partial charge < -0.3 is 0 Å². The Morgan fingerprint density at radius 3 is 2.67 bits per heavy atom. The van der Waals surface area contributed by atoms with E-state index in [0.717, 1.165) is 11.1 Å². The first-order valence-corrected chi connectivity index (χ1v) is 4.78. The van der Waals surface area contributed by atoms with Crippen LogP contribution in [0.3, 0.4) is 0 Å². The lowest BCUT2D eigenvalue weighted by atomic mass is 10.1. The molecule has 0 atom stereocenters. The van der Waals surface area contributed by atoms with Gasteiger partial charge in [-0.2, -0.15) is 5.10 Å². The number of nitrogens with zero attached hydrogens (tertiary/aromatic N) is 2. The lowest BCUT2D eigenvalue weighted by Gasteiger charge is -1.98. The van der Waals surface area contributed by atoms with E-state index in [1.165, 1.54) is 0 Å². The zero-order valence-corrected chi connectivity index (χ0v) is 8.38. The van der Waals surface area contributed by atoms with Crippen LogP contribution in [0.1, 0.15) is 5.56 Å². The highest BCUT2D eigenvalue weighted by molar-refractivity contribution is 5.74. The summed E-state index contributed by atoms with van der Waals surface area (Å²) >= 11 is 0. The van der Waals surface area contributed by atoms with Crippen LogP contribution in [0.25, 0.3) is 11.8 Å². The fourth-order valence-electron chi connectivity index (χ4n) is 1.28. The van der Waals surface area contributed by atoms with Crippen molar-refractivity contribution in [3.8, 4) is 0 Å². The van der Waals surface area contributed by atoms with Crippen molar-refractivity contribution in [2.75, 3.05) is 0 Å². The highest BCUT2D eigenvalue weighted by Gasteiger charge is 1.92. The third-order valence-corrected chi connectivity index (χ3v) is 2.10. The summed E-state index contributed by atoms with van der Waals surface area (Å²) < 4.78 is 1.74. The average Bonchev–Trinajstić information content (AvgIpc) is 2.80. The summed E-state index contributed by atoms with van der Waals surface area (Å²) in [7, 11) is 0. The van der Waals surface area contributed by atoms with E-state index < -0.39 is 0 Å². The van der Waals surface area contributed by atoms with Crippen LogP contribution in [-0.4, -0.2) is 9.78 Å². The highest BCUT2D eigenvalue weighted by Crippen LogP contribution is 2.12. The lowest BCUT2D eigenvalue weighted by Crippen LogP contribution is -1.85. The van der Waals surface area contributed by atoms with Crippen LogP contribution in [0.15, 0.2) is 61.4 Å². The van der Waals surface area contributed by atoms with Crippen LogP contribution in [-0.2, 0) is 0 Å². The summed E-state index contributed by atoms with van der Waals surface area (Å²) in [4.78, 5) is 0. The Bertz CT molecular complexity index is 453. The molecule has 0 aliphatic carbocycles. The zero-order chi connectivity index (χ0) is 10.5. The Kier molecular flexibility index (Phi) is 2.79. The minimum Gasteiger partial charge on any atom is -0.248 e. The van der Waals surface area contributed by atoms with Gasteiger partial charge in [-0.25, -0.2) is 4.68 Å². The highest BCUT2D eigenvalue weighted by atomic mass is 15.2. The minimum atomic E-state index is 0.978. The van der Waals surface area contributed by atoms with E-state index in [1.54, 1.807) is 10.9 Å². The van der Waals surface area contributed by atoms with Gasteiger partial charge in [-0.15, -0.1) is 0 Å². The van der Waals surface area contributed by atoms with Crippen molar-refractivity contribution in [3.63, 3.8) is 0 Å². The summed E-state index contributed by atoms with van der Waals surface area (Å²) in [6.07, 6.45) is 7.46. The molecule has 0 N–H and O–H groups in total. The first-order chi connectivity index (χ1) is 7.36. The smallest absolute Gasteiger partial charge is 0.0493 e. The second-order valence-electron chi connectivity index (χ2n) is 3.19. The van der Waals surface area contributed by atoms with Crippen molar-refractivity contribution in [1.29, 1.82) is 0 Å². The van der Waals surface area contributed by atoms with Gasteiger partial charge in [-0.1, -0.05) is 36.9 Å². The lowest BCUT2D eigenvalue weighted by molar-refractivity contribution is 0.935. The molecule has 0 saturated heterocycles. The fraction of sp³-hybridized carbons (Fsp3) is 0. The Balaban J connectivity index is 2.11. The third kappa shape index (κ3) is 2.44. The number of allylic oxidation sites excluding steroid dienone is 2. The summed E-state index contributed by atoms with van der Waals surface area (Å²) in [5, 5.41) is 4.07. The quantitative estimate of drug-likeness (QED) is 0.690. The van der Waals surface area contributed by atoms with Crippen molar-refractivity contribution in [2.24, 2.45) is 0 Å². The number of hydrogen-bond donors (Lipinski definition) is 0. The van der Waals surface area contributed by atoms with Crippen LogP contribution in [0.5, 0.6) is 0 Å². The van der Waals surface area contributed by atoms with E-state index in [1.807, 2.05) is 54.9 Å². The van der Waals surface area contributed by atoms with E-state index >= 15 is 0 Å². The topological polar surface area (TPSA) is 17.8 Å². The Morgan fingerprint density at radius 1 is 1.20 bits per heavy atom. The van der Waals surface area contributed by atoms with Gasteiger partial charge in [0.2, 0.25) is 0 Å². The summed E-state index contributed by atoms with van der Waals surface area (Å²) in [6.45, 7) is 4.00. The number of aromatic nitrogens is 2. The van der Waals surface area contributed by atoms with Gasteiger partial charge in [0.05, 0.1) is 0 Å². The fourth-order valence-corrected chi connectivity index (χ4v) is 1.28. The molecule has 0 saturated carbocycles. The van der Waals surface area contributed by atoms with Crippen molar-refractivity contribution in [3.05, 3.63) is 67.0 Å². The monoisotopic (exact) mass is 196 g/mol. The van der Waals surface area contributed by atoms with Crippen LogP contribution in [0, 0.1) is 0 Å². The Hall–Kier alpha value is -2.09. The first-order valence-electron chi connectivity index (χ1n) is 4.78. The molecule has 2 rings (SSSR count). The van der Waals surface area contributed by atoms with E-state index in [9.17, 15) is 0 Å². The van der Waals surface area contributed by atoms with E-state index in [4.69, 9.17) is 0 Å². The summed E-state index contributed by atoms with van der Waals surface area (Å²) in [5.74, 6) is 0. The van der Waals surface area contributed by atoms with Crippen molar-refractivity contribution >= 4 is 11.8 Å². The molecule has 0 bridgehead atoms. The summed E-state index contributed by atoms with van der Waals surface area (Å²) in [5.41, 5.74) is 2.10. The zero-order valence-electron chi connectivity index (χ0n) is 8.38. The van der Waals surface area contributed by atoms with Crippen LogP contribution < -0.4 is 0 Å². The molecule has 0 radical (unpaired) electrons. The maximum Gasteiger partial charge on any atom is 0.0493 e. The van der Waals surface area contributed by atoms with Crippen molar-refractivity contribution in [1.82, 2.24) is 9.78 Å². The van der Waals surface area contributed by atoms with Crippen LogP contribution in [0.2, 0.25) is 0 Å². The molecule has 74 valence electrons. The molecule has 0 aliphatic rings. The van der Waals surface area contributed by atoms with Gasteiger partial charge in [0.15, 0.2) is 0 Å². The Labute approximate surface area is 89.2 Å². The van der Waals surface area contributed by atoms with Gasteiger partial charge >= 0.3 is 0 Å². The predicted octanol–water partition coefficient (Wildman–Crippen LogP) is 3.07. The van der Waals surface area contributed by atoms with E-state index in [2.05, 4.69) is 11.7 Å². The number of hydrogen-bond acceptors (Lipinski definition) is 1. The number of rotatable bonds is 3. The largest absolute Gasteiger partial charge is 0.248 e. The molecular weight excluding hydrogens is 184 g/mol. The molecule has 1 aromatic carbocycles. The molecule has 2 nitrogen and oxygen atoms in total. The van der Waals surface area contributed by atoms with Crippen LogP contribution >= 0.6 is 0 Å². The van der Waals surface area contributed by atoms with E-state index in [0.29, 0.717) is 0 Å². The average molecular weight is 196 g/mol. The summed E-state index contributed by atoms with van der Waals surface area (Å²) in [6, 6.07) is 12.0. The van der Waals surface area contributed by atoms with Gasteiger partial charge in [0, 0.05) is 18.6 Å².